The lowest BCUT2D eigenvalue weighted by Crippen LogP contribution is -2.42. The molecule has 0 radical (unpaired) electrons. The smallest absolute Gasteiger partial charge is 0.395 e. The van der Waals surface area contributed by atoms with E-state index >= 15 is 8.78 Å². The van der Waals surface area contributed by atoms with Gasteiger partial charge in [0.2, 0.25) is 17.9 Å². The summed E-state index contributed by atoms with van der Waals surface area (Å²) in [5.74, 6) is -5.18. The fraction of sp³-hybridized carbons (Fsp3) is 0.556. The molecule has 3 heterocycles. The highest BCUT2D eigenvalue weighted by atomic mass is 31.1. The van der Waals surface area contributed by atoms with E-state index < -0.39 is 56.8 Å². The Bertz CT molecular complexity index is 1440. The van der Waals surface area contributed by atoms with Crippen molar-refractivity contribution >= 4 is 25.9 Å². The number of carbonyl (C=O) groups excluding carboxylic acids is 2. The van der Waals surface area contributed by atoms with E-state index in [0.29, 0.717) is 11.0 Å². The number of para-hydroxylation sites is 2. The van der Waals surface area contributed by atoms with Crippen LogP contribution in [0.15, 0.2) is 46.1 Å². The molecule has 1 aromatic carbocycles. The van der Waals surface area contributed by atoms with Gasteiger partial charge in [0.1, 0.15) is 18.5 Å². The molecule has 44 heavy (non-hydrogen) atoms. The largest absolute Gasteiger partial charge is 0.575 e. The van der Waals surface area contributed by atoms with Gasteiger partial charge in [-0.15, -0.1) is 0 Å². The number of carbonyl (C=O) groups is 2. The van der Waals surface area contributed by atoms with Crippen molar-refractivity contribution in [3.8, 4) is 11.5 Å². The van der Waals surface area contributed by atoms with Gasteiger partial charge in [-0.2, -0.15) is 13.8 Å². The van der Waals surface area contributed by atoms with E-state index in [1.807, 2.05) is 4.90 Å². The minimum absolute atomic E-state index is 0.0298. The van der Waals surface area contributed by atoms with Crippen molar-refractivity contribution < 1.29 is 47.1 Å². The van der Waals surface area contributed by atoms with Crippen LogP contribution in [-0.2, 0) is 19.1 Å². The number of aromatic nitrogens is 2. The first kappa shape index (κ1) is 33.3. The molecular formula is C27H34F2N5O9P. The third kappa shape index (κ3) is 7.74. The van der Waals surface area contributed by atoms with Crippen LogP contribution in [0.25, 0.3) is 0 Å². The third-order valence-electron chi connectivity index (χ3n) is 6.93. The first-order valence-electron chi connectivity index (χ1n) is 13.9. The number of amides is 1. The highest BCUT2D eigenvalue weighted by Crippen LogP contribution is 2.43. The zero-order chi connectivity index (χ0) is 32.2. The molecule has 6 atom stereocenters. The lowest BCUT2D eigenvalue weighted by molar-refractivity contribution is -0.170. The maximum absolute atomic E-state index is 15.1. The van der Waals surface area contributed by atoms with Crippen molar-refractivity contribution in [3.05, 3.63) is 47.0 Å². The molecule has 240 valence electrons. The Labute approximate surface area is 252 Å². The number of anilines is 1. The number of alkyl halides is 2. The molecule has 2 aromatic rings. The summed E-state index contributed by atoms with van der Waals surface area (Å²) >= 11 is 0. The lowest BCUT2D eigenvalue weighted by Gasteiger charge is -2.21. The van der Waals surface area contributed by atoms with E-state index in [9.17, 15) is 24.4 Å². The third-order valence-corrected chi connectivity index (χ3v) is 7.81. The Balaban J connectivity index is 1.41. The van der Waals surface area contributed by atoms with Crippen LogP contribution in [0.2, 0.25) is 0 Å². The van der Waals surface area contributed by atoms with E-state index in [2.05, 4.69) is 15.0 Å². The molecule has 2 N–H and O–H groups in total. The lowest BCUT2D eigenvalue weighted by atomic mass is 10.1. The number of hydrogen-bond acceptors (Lipinski definition) is 12. The van der Waals surface area contributed by atoms with Gasteiger partial charge < -0.3 is 29.5 Å². The molecular weight excluding hydrogens is 607 g/mol. The first-order valence-corrected chi connectivity index (χ1v) is 15.0. The second kappa shape index (κ2) is 14.0. The number of aliphatic hydroxyl groups excluding tert-OH is 1. The topological polar surface area (TPSA) is 177 Å². The van der Waals surface area contributed by atoms with Crippen molar-refractivity contribution in [3.63, 3.8) is 0 Å². The molecule has 0 aliphatic carbocycles. The van der Waals surface area contributed by atoms with Crippen LogP contribution >= 0.6 is 8.17 Å². The number of hydrogen-bond donors (Lipinski definition) is 2. The van der Waals surface area contributed by atoms with Crippen LogP contribution in [0.3, 0.4) is 0 Å². The van der Waals surface area contributed by atoms with Crippen LogP contribution < -0.4 is 25.2 Å². The Hall–Kier alpha value is -3.56. The van der Waals surface area contributed by atoms with Crippen LogP contribution in [0.1, 0.15) is 39.8 Å². The minimum Gasteiger partial charge on any atom is -0.575 e. The Morgan fingerprint density at radius 1 is 1.27 bits per heavy atom. The van der Waals surface area contributed by atoms with Crippen LogP contribution in [0.5, 0.6) is 11.5 Å². The summed E-state index contributed by atoms with van der Waals surface area (Å²) < 4.78 is 55.8. The summed E-state index contributed by atoms with van der Waals surface area (Å²) in [4.78, 5) is 55.1. The highest BCUT2D eigenvalue weighted by Gasteiger charge is 2.60. The average Bonchev–Trinajstić information content (AvgIpc) is 3.48. The maximum Gasteiger partial charge on any atom is 0.395 e. The number of nitrogens with one attached hydrogen (secondary N) is 1. The van der Waals surface area contributed by atoms with Gasteiger partial charge in [0.05, 0.1) is 12.1 Å². The number of likely N-dealkylation sites (N-methyl/N-ethyl adjacent to an activating group) is 1. The molecule has 2 fully saturated rings. The number of benzene rings is 1. The summed E-state index contributed by atoms with van der Waals surface area (Å²) in [5.41, 5.74) is -1.13. The Morgan fingerprint density at radius 3 is 2.61 bits per heavy atom. The predicted molar refractivity (Wildman–Crippen MR) is 150 cm³/mol. The molecule has 0 spiro atoms. The molecule has 0 bridgehead atoms. The summed E-state index contributed by atoms with van der Waals surface area (Å²) in [6.07, 6.45) is -4.10. The van der Waals surface area contributed by atoms with Crippen LogP contribution in [0.4, 0.5) is 14.6 Å². The average molecular weight is 642 g/mol. The fourth-order valence-electron chi connectivity index (χ4n) is 4.66. The fourth-order valence-corrected chi connectivity index (χ4v) is 5.41. The molecule has 1 aromatic heterocycles. The van der Waals surface area contributed by atoms with Crippen molar-refractivity contribution in [1.29, 1.82) is 0 Å². The Morgan fingerprint density at radius 2 is 1.98 bits per heavy atom. The van der Waals surface area contributed by atoms with Crippen molar-refractivity contribution in [1.82, 2.24) is 14.5 Å². The summed E-state index contributed by atoms with van der Waals surface area (Å²) in [6.45, 7) is 4.84. The number of nitrogens with zero attached hydrogens (tertiary/aromatic N) is 4. The predicted octanol–water partition coefficient (Wildman–Crippen LogP) is 1.82. The van der Waals surface area contributed by atoms with E-state index in [0.717, 1.165) is 19.2 Å². The van der Waals surface area contributed by atoms with Gasteiger partial charge in [-0.05, 0) is 65.4 Å². The van der Waals surface area contributed by atoms with Crippen molar-refractivity contribution in [2.45, 2.75) is 76.2 Å². The van der Waals surface area contributed by atoms with Gasteiger partial charge >= 0.3 is 25.7 Å². The summed E-state index contributed by atoms with van der Waals surface area (Å²) in [7, 11) is -0.953. The molecule has 14 nitrogen and oxygen atoms in total. The number of likely N-dealkylation sites (tertiary alicyclic amines) is 1. The number of ether oxygens (including phenoxy) is 3. The van der Waals surface area contributed by atoms with Gasteiger partial charge in [0.15, 0.2) is 17.9 Å². The van der Waals surface area contributed by atoms with Gasteiger partial charge in [-0.25, -0.2) is 9.59 Å². The van der Waals surface area contributed by atoms with Gasteiger partial charge in [-0.3, -0.25) is 18.8 Å². The molecule has 2 saturated heterocycles. The monoisotopic (exact) mass is 641 g/mol. The number of aliphatic hydroxyl groups is 1. The molecule has 1 amide bonds. The minimum atomic E-state index is -3.92. The number of rotatable bonds is 11. The van der Waals surface area contributed by atoms with Crippen molar-refractivity contribution in [2.75, 3.05) is 25.5 Å². The van der Waals surface area contributed by atoms with Crippen LogP contribution in [-0.4, -0.2) is 88.0 Å². The first-order chi connectivity index (χ1) is 20.8. The molecule has 1 unspecified atom stereocenters. The number of esters is 1. The maximum atomic E-state index is 15.1. The zero-order valence-electron chi connectivity index (χ0n) is 24.5. The standard InChI is InChI=1S/C27H34F2N5O9P/c1-15(2)41-24(37)16(3)32-44(39)43-19-10-6-5-9-18(19)40-14-20-22(35)27(28,29)25(42-20)34-13-11-21(31-26(34)38)30-23(36)17-8-7-12-33(17)4/h5-6,9-11,13,15-17,20,22,25,35H,7-8,12,14H2,1-4H3,(H,30,31,36,38)/t16-,17-,20+,22+,25+/m0/s1. The molecule has 0 saturated carbocycles. The van der Waals surface area contributed by atoms with Gasteiger partial charge in [0.25, 0.3) is 0 Å². The summed E-state index contributed by atoms with van der Waals surface area (Å²) in [5, 5.41) is 12.9. The van der Waals surface area contributed by atoms with Crippen LogP contribution in [0, 0.1) is 0 Å². The molecule has 2 aliphatic rings. The second-order valence-electron chi connectivity index (χ2n) is 10.6. The van der Waals surface area contributed by atoms with E-state index in [1.54, 1.807) is 20.9 Å². The Kier molecular flexibility index (Phi) is 10.6. The van der Waals surface area contributed by atoms with E-state index in [4.69, 9.17) is 18.7 Å². The van der Waals surface area contributed by atoms with E-state index in [-0.39, 0.29) is 35.4 Å². The summed E-state index contributed by atoms with van der Waals surface area (Å²) in [6, 6.07) is 5.57. The van der Waals surface area contributed by atoms with Gasteiger partial charge in [-0.1, -0.05) is 16.9 Å². The zero-order valence-corrected chi connectivity index (χ0v) is 25.4. The normalized spacial score (nSPS) is 24.2. The number of halogens is 2. The van der Waals surface area contributed by atoms with E-state index in [1.165, 1.54) is 37.3 Å². The molecule has 17 heteroatoms. The molecule has 4 rings (SSSR count). The van der Waals surface area contributed by atoms with Gasteiger partial charge in [0, 0.05) is 6.20 Å². The highest BCUT2D eigenvalue weighted by molar-refractivity contribution is 7.34. The molecule has 2 aliphatic heterocycles. The quantitative estimate of drug-likeness (QED) is 0.270. The van der Waals surface area contributed by atoms with Crippen molar-refractivity contribution in [2.24, 2.45) is 4.74 Å². The second-order valence-corrected chi connectivity index (χ2v) is 11.5. The SMILES string of the molecule is CC(C)OC(=O)[C@H](C)N=[P+]([O-])Oc1ccccc1OC[C@H]1O[C@@H](n2ccc(NC(=O)[C@@H]3CCCN3C)nc2=O)C(F)(F)[C@@H]1O.